The van der Waals surface area contributed by atoms with Gasteiger partial charge in [-0.25, -0.2) is 24.5 Å². The van der Waals surface area contributed by atoms with Crippen LogP contribution in [0.15, 0.2) is 109 Å². The van der Waals surface area contributed by atoms with Crippen LogP contribution < -0.4 is 5.32 Å². The fourth-order valence-electron chi connectivity index (χ4n) is 7.58. The van der Waals surface area contributed by atoms with Gasteiger partial charge in [0.2, 0.25) is 0 Å². The summed E-state index contributed by atoms with van der Waals surface area (Å²) < 4.78 is 24.4. The summed E-state index contributed by atoms with van der Waals surface area (Å²) >= 11 is 0. The van der Waals surface area contributed by atoms with E-state index in [0.717, 1.165) is 11.1 Å². The lowest BCUT2D eigenvalue weighted by Crippen LogP contribution is -2.48. The van der Waals surface area contributed by atoms with Crippen LogP contribution in [0, 0.1) is 5.92 Å². The van der Waals surface area contributed by atoms with Gasteiger partial charge < -0.3 is 44.3 Å². The number of aliphatic hydroxyl groups excluding tert-OH is 2. The molecule has 18 nitrogen and oxygen atoms in total. The molecule has 3 amide bonds. The molecule has 3 N–H and O–H groups in total. The van der Waals surface area contributed by atoms with Gasteiger partial charge in [-0.1, -0.05) is 85.8 Å². The zero-order chi connectivity index (χ0) is 47.4. The number of esters is 1. The topological polar surface area (TPSA) is 220 Å². The number of nitrogens with one attached hydrogen (secondary N) is 1. The number of methoxy groups -OCH3 is 1. The SMILES string of the molecule is COC(=O)[C@@H](C)CC[C@@H](C[C@H]1O[C@@H](n2cnc3c(NC(=O)c4ccccc4)ncnc32)C(O)[C@H]1O)N(CCN(Cc1ccccc1)C(C)=NC(=O)OC(C)(C)C)C(=O)OCc1ccccc1. The van der Waals surface area contributed by atoms with Crippen molar-refractivity contribution in [3.8, 4) is 0 Å². The lowest BCUT2D eigenvalue weighted by molar-refractivity contribution is -0.145. The molecule has 18 heteroatoms. The van der Waals surface area contributed by atoms with Gasteiger partial charge in [-0.05, 0) is 70.2 Å². The molecule has 1 fully saturated rings. The number of fused-ring (bicyclic) bond motifs is 1. The molecule has 1 unspecified atom stereocenters. The second kappa shape index (κ2) is 22.4. The van der Waals surface area contributed by atoms with Gasteiger partial charge in [0.15, 0.2) is 23.2 Å². The Labute approximate surface area is 383 Å². The summed E-state index contributed by atoms with van der Waals surface area (Å²) in [7, 11) is 1.31. The fraction of sp³-hybridized carbons (Fsp3) is 0.417. The summed E-state index contributed by atoms with van der Waals surface area (Å²) in [6.07, 6.45) is -3.49. The molecule has 66 heavy (non-hydrogen) atoms. The molecule has 5 aromatic rings. The Balaban J connectivity index is 1.30. The van der Waals surface area contributed by atoms with Gasteiger partial charge in [-0.3, -0.25) is 14.2 Å². The van der Waals surface area contributed by atoms with Crippen molar-refractivity contribution in [2.45, 2.75) is 103 Å². The first-order valence-electron chi connectivity index (χ1n) is 21.8. The molecule has 0 bridgehead atoms. The molecule has 1 aliphatic rings. The Morgan fingerprint density at radius 1 is 0.879 bits per heavy atom. The van der Waals surface area contributed by atoms with Crippen LogP contribution in [0.2, 0.25) is 0 Å². The highest BCUT2D eigenvalue weighted by molar-refractivity contribution is 6.06. The van der Waals surface area contributed by atoms with Crippen molar-refractivity contribution in [3.63, 3.8) is 0 Å². The summed E-state index contributed by atoms with van der Waals surface area (Å²) in [5.41, 5.74) is 1.76. The van der Waals surface area contributed by atoms with Crippen molar-refractivity contribution in [2.75, 3.05) is 25.5 Å². The van der Waals surface area contributed by atoms with Gasteiger partial charge in [-0.15, -0.1) is 0 Å². The molecule has 6 rings (SSSR count). The molecule has 0 radical (unpaired) electrons. The Morgan fingerprint density at radius 2 is 1.53 bits per heavy atom. The van der Waals surface area contributed by atoms with Crippen molar-refractivity contribution in [2.24, 2.45) is 10.9 Å². The Morgan fingerprint density at radius 3 is 2.18 bits per heavy atom. The normalized spacial score (nSPS) is 18.3. The van der Waals surface area contributed by atoms with E-state index in [1.165, 1.54) is 29.2 Å². The molecule has 2 aromatic heterocycles. The molecular weight excluding hydrogens is 849 g/mol. The molecule has 0 aliphatic carbocycles. The summed E-state index contributed by atoms with van der Waals surface area (Å²) in [6, 6.07) is 26.6. The van der Waals surface area contributed by atoms with E-state index in [2.05, 4.69) is 25.3 Å². The summed E-state index contributed by atoms with van der Waals surface area (Å²) in [5.74, 6) is -0.920. The van der Waals surface area contributed by atoms with Crippen LogP contribution in [0.3, 0.4) is 0 Å². The van der Waals surface area contributed by atoms with E-state index in [0.29, 0.717) is 17.9 Å². The van der Waals surface area contributed by atoms with E-state index in [9.17, 15) is 29.4 Å². The monoisotopic (exact) mass is 906 g/mol. The van der Waals surface area contributed by atoms with E-state index >= 15 is 0 Å². The van der Waals surface area contributed by atoms with Crippen LogP contribution in [0.25, 0.3) is 11.2 Å². The number of carbonyl (C=O) groups excluding carboxylic acids is 4. The van der Waals surface area contributed by atoms with Crippen molar-refractivity contribution < 1.29 is 48.3 Å². The molecule has 3 heterocycles. The Kier molecular flexibility index (Phi) is 16.5. The number of aliphatic hydroxyl groups is 2. The van der Waals surface area contributed by atoms with Crippen molar-refractivity contribution in [1.82, 2.24) is 29.3 Å². The van der Waals surface area contributed by atoms with E-state index in [1.807, 2.05) is 65.6 Å². The number of ether oxygens (including phenoxy) is 4. The molecule has 1 saturated heterocycles. The molecule has 350 valence electrons. The van der Waals surface area contributed by atoms with Gasteiger partial charge in [0.05, 0.1) is 25.5 Å². The fourth-order valence-corrected chi connectivity index (χ4v) is 7.58. The molecular formula is C48H58N8O10. The third-order valence-corrected chi connectivity index (χ3v) is 11.1. The molecule has 0 spiro atoms. The number of rotatable bonds is 17. The standard InChI is InChI=1S/C48H58N8O10/c1-31(45(60)63-6)22-23-36(26-37-39(57)40(58)44(65-37)56-30-51-38-41(49-29-50-42(38)56)53-43(59)35-20-14-9-15-21-35)55(47(62)64-28-34-18-12-8-13-19-34)25-24-54(27-33-16-10-7-11-17-33)32(2)52-46(61)66-48(3,4)5/h7-21,29-31,36-37,39-40,44,57-58H,22-28H2,1-6H3,(H,49,50,53,59)/t31-,36-,37+,39-,40?,44+/m0/s1. The minimum absolute atomic E-state index is 0.00722. The molecule has 3 aromatic carbocycles. The second-order valence-corrected chi connectivity index (χ2v) is 17.1. The molecule has 1 aliphatic heterocycles. The van der Waals surface area contributed by atoms with Crippen molar-refractivity contribution >= 4 is 46.9 Å². The maximum absolute atomic E-state index is 14.5. The van der Waals surface area contributed by atoms with E-state index in [-0.39, 0.29) is 55.9 Å². The van der Waals surface area contributed by atoms with E-state index < -0.39 is 66.2 Å². The second-order valence-electron chi connectivity index (χ2n) is 17.1. The Hall–Kier alpha value is -6.76. The van der Waals surface area contributed by atoms with Crippen molar-refractivity contribution in [3.05, 3.63) is 120 Å². The zero-order valence-electron chi connectivity index (χ0n) is 38.0. The van der Waals surface area contributed by atoms with Crippen molar-refractivity contribution in [1.29, 1.82) is 0 Å². The number of amides is 3. The van der Waals surface area contributed by atoms with Crippen LogP contribution in [-0.4, -0.2) is 120 Å². The first-order valence-corrected chi connectivity index (χ1v) is 21.8. The number of amidine groups is 1. The number of benzene rings is 3. The first kappa shape index (κ1) is 48.7. The van der Waals surface area contributed by atoms with Crippen LogP contribution in [0.4, 0.5) is 15.4 Å². The third-order valence-electron chi connectivity index (χ3n) is 11.1. The van der Waals surface area contributed by atoms with Gasteiger partial charge in [0, 0.05) is 31.2 Å². The zero-order valence-corrected chi connectivity index (χ0v) is 38.0. The minimum atomic E-state index is -1.48. The molecule has 0 saturated carbocycles. The predicted molar refractivity (Wildman–Crippen MR) is 244 cm³/mol. The maximum atomic E-state index is 14.5. The third kappa shape index (κ3) is 12.9. The van der Waals surface area contributed by atoms with Gasteiger partial charge >= 0.3 is 18.2 Å². The van der Waals surface area contributed by atoms with Crippen LogP contribution in [0.1, 0.15) is 81.6 Å². The van der Waals surface area contributed by atoms with Gasteiger partial charge in [0.1, 0.15) is 36.6 Å². The average Bonchev–Trinajstić information content (AvgIpc) is 3.86. The number of hydrogen-bond acceptors (Lipinski definition) is 13. The number of aromatic nitrogens is 4. The highest BCUT2D eigenvalue weighted by Crippen LogP contribution is 2.36. The minimum Gasteiger partial charge on any atom is -0.469 e. The lowest BCUT2D eigenvalue weighted by Gasteiger charge is -2.35. The predicted octanol–water partition coefficient (Wildman–Crippen LogP) is 6.54. The highest BCUT2D eigenvalue weighted by Gasteiger charge is 2.46. The van der Waals surface area contributed by atoms with Gasteiger partial charge in [0.25, 0.3) is 5.91 Å². The summed E-state index contributed by atoms with van der Waals surface area (Å²) in [5, 5.41) is 26.0. The van der Waals surface area contributed by atoms with E-state index in [4.69, 9.17) is 18.9 Å². The van der Waals surface area contributed by atoms with Crippen LogP contribution in [0.5, 0.6) is 0 Å². The number of anilines is 1. The number of hydrogen-bond donors (Lipinski definition) is 3. The number of carbonyl (C=O) groups is 4. The van der Waals surface area contributed by atoms with Crippen LogP contribution >= 0.6 is 0 Å². The van der Waals surface area contributed by atoms with E-state index in [1.54, 1.807) is 65.0 Å². The smallest absolute Gasteiger partial charge is 0.435 e. The highest BCUT2D eigenvalue weighted by atomic mass is 16.6. The molecule has 6 atom stereocenters. The maximum Gasteiger partial charge on any atom is 0.435 e. The number of nitrogens with zero attached hydrogens (tertiary/aromatic N) is 7. The summed E-state index contributed by atoms with van der Waals surface area (Å²) in [6.45, 7) is 9.16. The quantitative estimate of drug-likeness (QED) is 0.0391. The summed E-state index contributed by atoms with van der Waals surface area (Å²) in [4.78, 5) is 73.8. The Bertz CT molecular complexity index is 2430. The lowest BCUT2D eigenvalue weighted by atomic mass is 9.94. The average molecular weight is 907 g/mol. The van der Waals surface area contributed by atoms with Gasteiger partial charge in [-0.2, -0.15) is 4.99 Å². The largest absolute Gasteiger partial charge is 0.469 e. The first-order chi connectivity index (χ1) is 31.6. The number of imidazole rings is 1. The number of aliphatic imine (C=N–C) groups is 1. The van der Waals surface area contributed by atoms with Crippen LogP contribution in [-0.2, 0) is 36.9 Å².